The molecule has 0 saturated heterocycles. The Balaban J connectivity index is 2.09. The second-order valence-corrected chi connectivity index (χ2v) is 12.6. The van der Waals surface area contributed by atoms with Gasteiger partial charge in [-0.05, 0) is 41.8 Å². The number of nitrogens with one attached hydrogen (secondary N) is 1. The molecule has 1 atom stereocenters. The molecular weight excluding hydrogens is 616 g/mol. The monoisotopic (exact) mass is 643 g/mol. The van der Waals surface area contributed by atoms with Crippen LogP contribution < -0.4 is 9.62 Å². The zero-order chi connectivity index (χ0) is 29.4. The number of nitrogens with zero attached hydrogens (tertiary/aromatic N) is 2. The molecule has 3 aromatic rings. The number of rotatable bonds is 12. The molecule has 7 nitrogen and oxygen atoms in total. The molecule has 0 fully saturated rings. The van der Waals surface area contributed by atoms with Crippen molar-refractivity contribution >= 4 is 73.9 Å². The predicted molar refractivity (Wildman–Crippen MR) is 163 cm³/mol. The van der Waals surface area contributed by atoms with Crippen LogP contribution in [0.15, 0.2) is 66.7 Å². The Morgan fingerprint density at radius 1 is 0.875 bits per heavy atom. The summed E-state index contributed by atoms with van der Waals surface area (Å²) < 4.78 is 26.6. The van der Waals surface area contributed by atoms with Crippen LogP contribution in [0, 0.1) is 0 Å². The van der Waals surface area contributed by atoms with E-state index in [1.165, 1.54) is 23.1 Å². The second kappa shape index (κ2) is 14.4. The maximum absolute atomic E-state index is 14.0. The minimum absolute atomic E-state index is 0.0139. The summed E-state index contributed by atoms with van der Waals surface area (Å²) in [6.07, 6.45) is 1.86. The third-order valence-electron chi connectivity index (χ3n) is 6.04. The van der Waals surface area contributed by atoms with Gasteiger partial charge >= 0.3 is 0 Å². The first-order valence-electron chi connectivity index (χ1n) is 12.4. The average Bonchev–Trinajstić information content (AvgIpc) is 2.91. The van der Waals surface area contributed by atoms with E-state index in [1.807, 2.05) is 37.3 Å². The van der Waals surface area contributed by atoms with Gasteiger partial charge < -0.3 is 10.2 Å². The Labute approximate surface area is 255 Å². The highest BCUT2D eigenvalue weighted by molar-refractivity contribution is 7.92. The van der Waals surface area contributed by atoms with Crippen LogP contribution in [0.1, 0.15) is 24.5 Å². The van der Waals surface area contributed by atoms with Gasteiger partial charge in [0.05, 0.1) is 32.0 Å². The van der Waals surface area contributed by atoms with Gasteiger partial charge in [-0.15, -0.1) is 0 Å². The summed E-state index contributed by atoms with van der Waals surface area (Å²) >= 11 is 24.8. The molecule has 0 aromatic heterocycles. The van der Waals surface area contributed by atoms with Gasteiger partial charge in [0.2, 0.25) is 21.8 Å². The molecule has 12 heteroatoms. The molecule has 3 aromatic carbocycles. The fourth-order valence-corrected chi connectivity index (χ4v) is 5.66. The van der Waals surface area contributed by atoms with Crippen LogP contribution in [0.4, 0.5) is 5.69 Å². The van der Waals surface area contributed by atoms with Crippen LogP contribution >= 0.6 is 46.4 Å². The zero-order valence-electron chi connectivity index (χ0n) is 21.9. The van der Waals surface area contributed by atoms with Crippen molar-refractivity contribution in [1.82, 2.24) is 10.2 Å². The molecule has 0 spiro atoms. The standard InChI is InChI=1S/C28H29Cl4N3O4S/c1-3-14-33-28(37)25(16-19-8-5-4-6-9-19)34(17-20-12-13-21(29)23(31)15-20)26(36)18-35(40(2,38)39)24-11-7-10-22(30)27(24)32/h4-13,15,25H,3,14,16-18H2,1-2H3,(H,33,37). The Morgan fingerprint density at radius 3 is 2.20 bits per heavy atom. The highest BCUT2D eigenvalue weighted by atomic mass is 35.5. The lowest BCUT2D eigenvalue weighted by atomic mass is 10.0. The summed E-state index contributed by atoms with van der Waals surface area (Å²) in [5, 5.41) is 3.61. The number of hydrogen-bond donors (Lipinski definition) is 1. The Morgan fingerprint density at radius 2 is 1.57 bits per heavy atom. The fourth-order valence-electron chi connectivity index (χ4n) is 4.03. The highest BCUT2D eigenvalue weighted by Crippen LogP contribution is 2.34. The van der Waals surface area contributed by atoms with E-state index in [9.17, 15) is 18.0 Å². The number of carbonyl (C=O) groups excluding carboxylic acids is 2. The SMILES string of the molecule is CCCNC(=O)C(Cc1ccccc1)N(Cc1ccc(Cl)c(Cl)c1)C(=O)CN(c1cccc(Cl)c1Cl)S(C)(=O)=O. The third-order valence-corrected chi connectivity index (χ3v) is 8.71. The molecule has 0 aliphatic carbocycles. The molecule has 0 heterocycles. The number of hydrogen-bond acceptors (Lipinski definition) is 4. The molecule has 3 rings (SSSR count). The predicted octanol–water partition coefficient (Wildman–Crippen LogP) is 6.23. The van der Waals surface area contributed by atoms with Gasteiger partial charge in [0.1, 0.15) is 12.6 Å². The third kappa shape index (κ3) is 8.51. The van der Waals surface area contributed by atoms with Gasteiger partial charge in [-0.2, -0.15) is 0 Å². The normalized spacial score (nSPS) is 12.1. The number of halogens is 4. The fraction of sp³-hybridized carbons (Fsp3) is 0.286. The van der Waals surface area contributed by atoms with Crippen LogP contribution in [0.3, 0.4) is 0 Å². The van der Waals surface area contributed by atoms with E-state index >= 15 is 0 Å². The lowest BCUT2D eigenvalue weighted by Crippen LogP contribution is -2.53. The van der Waals surface area contributed by atoms with Crippen LogP contribution in [0.25, 0.3) is 0 Å². The number of carbonyl (C=O) groups is 2. The summed E-state index contributed by atoms with van der Waals surface area (Å²) in [4.78, 5) is 28.9. The number of sulfonamides is 1. The number of benzene rings is 3. The van der Waals surface area contributed by atoms with Gasteiger partial charge in [-0.1, -0.05) is 95.8 Å². The lowest BCUT2D eigenvalue weighted by molar-refractivity contribution is -0.140. The van der Waals surface area contributed by atoms with E-state index in [-0.39, 0.29) is 39.6 Å². The average molecular weight is 645 g/mol. The highest BCUT2D eigenvalue weighted by Gasteiger charge is 2.33. The largest absolute Gasteiger partial charge is 0.354 e. The maximum Gasteiger partial charge on any atom is 0.244 e. The van der Waals surface area contributed by atoms with Crippen molar-refractivity contribution in [3.8, 4) is 0 Å². The van der Waals surface area contributed by atoms with Crippen molar-refractivity contribution in [2.75, 3.05) is 23.7 Å². The van der Waals surface area contributed by atoms with E-state index in [2.05, 4.69) is 5.32 Å². The first kappa shape index (κ1) is 32.0. The summed E-state index contributed by atoms with van der Waals surface area (Å²) in [6.45, 7) is 1.68. The van der Waals surface area contributed by atoms with Crippen LogP contribution in [-0.2, 0) is 32.6 Å². The van der Waals surface area contributed by atoms with Crippen molar-refractivity contribution in [1.29, 1.82) is 0 Å². The van der Waals surface area contributed by atoms with Crippen molar-refractivity contribution < 1.29 is 18.0 Å². The first-order chi connectivity index (χ1) is 18.9. The maximum atomic E-state index is 14.0. The molecular formula is C28H29Cl4N3O4S. The molecule has 0 bridgehead atoms. The molecule has 0 saturated carbocycles. The van der Waals surface area contributed by atoms with Crippen LogP contribution in [0.2, 0.25) is 20.1 Å². The smallest absolute Gasteiger partial charge is 0.244 e. The van der Waals surface area contributed by atoms with Crippen LogP contribution in [0.5, 0.6) is 0 Å². The van der Waals surface area contributed by atoms with Crippen molar-refractivity contribution in [2.45, 2.75) is 32.4 Å². The van der Waals surface area contributed by atoms with E-state index in [1.54, 1.807) is 18.2 Å². The summed E-state index contributed by atoms with van der Waals surface area (Å²) in [5.74, 6) is -0.995. The van der Waals surface area contributed by atoms with Gasteiger partial charge in [-0.3, -0.25) is 13.9 Å². The van der Waals surface area contributed by atoms with Gasteiger partial charge in [0, 0.05) is 19.5 Å². The lowest BCUT2D eigenvalue weighted by Gasteiger charge is -2.33. The van der Waals surface area contributed by atoms with Gasteiger partial charge in [0.25, 0.3) is 0 Å². The van der Waals surface area contributed by atoms with Gasteiger partial charge in [-0.25, -0.2) is 8.42 Å². The minimum atomic E-state index is -3.99. The van der Waals surface area contributed by atoms with Crippen LogP contribution in [-0.4, -0.2) is 50.5 Å². The summed E-state index contributed by atoms with van der Waals surface area (Å²) in [5.41, 5.74) is 1.48. The van der Waals surface area contributed by atoms with Gasteiger partial charge in [0.15, 0.2) is 0 Å². The molecule has 0 radical (unpaired) electrons. The zero-order valence-corrected chi connectivity index (χ0v) is 25.8. The molecule has 2 amide bonds. The summed E-state index contributed by atoms with van der Waals surface area (Å²) in [7, 11) is -3.99. The first-order valence-corrected chi connectivity index (χ1v) is 15.7. The quantitative estimate of drug-likeness (QED) is 0.253. The molecule has 0 aliphatic rings. The van der Waals surface area contributed by atoms with E-state index in [0.717, 1.165) is 16.1 Å². The van der Waals surface area contributed by atoms with Crippen molar-refractivity contribution in [3.63, 3.8) is 0 Å². The topological polar surface area (TPSA) is 86.8 Å². The molecule has 1 unspecified atom stereocenters. The Hall–Kier alpha value is -2.49. The Kier molecular flexibility index (Phi) is 11.5. The van der Waals surface area contributed by atoms with E-state index in [0.29, 0.717) is 23.6 Å². The van der Waals surface area contributed by atoms with Crippen molar-refractivity contribution in [3.05, 3.63) is 97.9 Å². The molecule has 40 heavy (non-hydrogen) atoms. The Bertz CT molecular complexity index is 1460. The molecule has 1 N–H and O–H groups in total. The number of amides is 2. The summed E-state index contributed by atoms with van der Waals surface area (Å²) in [6, 6.07) is 17.7. The minimum Gasteiger partial charge on any atom is -0.354 e. The second-order valence-electron chi connectivity index (χ2n) is 9.11. The number of anilines is 1. The van der Waals surface area contributed by atoms with E-state index in [4.69, 9.17) is 46.4 Å². The molecule has 214 valence electrons. The van der Waals surface area contributed by atoms with E-state index < -0.39 is 28.5 Å². The molecule has 0 aliphatic heterocycles. The van der Waals surface area contributed by atoms with Crippen molar-refractivity contribution in [2.24, 2.45) is 0 Å².